The molecule has 69 heavy (non-hydrogen) atoms. The highest BCUT2D eigenvalue weighted by Crippen LogP contribution is 2.36. The number of aromatic hydroxyl groups is 1. The summed E-state index contributed by atoms with van der Waals surface area (Å²) in [7, 11) is 0. The van der Waals surface area contributed by atoms with Crippen LogP contribution in [0.5, 0.6) is 6.01 Å². The van der Waals surface area contributed by atoms with E-state index in [0.29, 0.717) is 49.9 Å². The zero-order valence-corrected chi connectivity index (χ0v) is 36.0. The minimum Gasteiger partial charge on any atom is -0.479 e. The number of carbonyl (C=O) groups is 4. The van der Waals surface area contributed by atoms with Crippen molar-refractivity contribution < 1.29 is 44.7 Å². The molecule has 0 radical (unpaired) electrons. The van der Waals surface area contributed by atoms with E-state index in [2.05, 4.69) is 55.8 Å². The summed E-state index contributed by atoms with van der Waals surface area (Å²) in [6, 6.07) is 9.88. The Morgan fingerprint density at radius 1 is 0.594 bits per heavy atom. The summed E-state index contributed by atoms with van der Waals surface area (Å²) in [5.74, 6) is -7.34. The molecule has 0 aliphatic rings. The number of aryl methyl sites for hydroxylation is 2. The number of aromatic carboxylic acids is 4. The summed E-state index contributed by atoms with van der Waals surface area (Å²) < 4.78 is 4.29. The number of nitriles is 2. The number of carboxylic acid groups (broad SMARTS) is 4. The number of benzene rings is 2. The van der Waals surface area contributed by atoms with Gasteiger partial charge in [0.1, 0.15) is 23.3 Å². The number of nitrogen functional groups attached to an aromatic ring is 2. The standard InChI is InChI=1S/C41H35N19O9/c1-3-5-7-27-29(51-53-33-19(15-42)17-46-57(33)21-9-11-23(35(61)62)25(13-21)37(65)66)31(44)59(55-27)39-48-40(50-41(69)49-39)60-32(45)30(28(56-60)8-6-4-2)52-54-34-20(16-43)18-47-58(34)22-10-12-24(36(63)64)26(14-22)38(67)68/h9-14,17-18H,3-8,44-45H2,1-2H3,(H,61,62)(H,63,64)(H,65,66)(H,67,68)(H,48,49,50,69). The molecule has 0 bridgehead atoms. The minimum absolute atomic E-state index is 0.00476. The SMILES string of the molecule is CCCCc1nn(-c2nc(O)nc(-n3nc(CCCC)c(N=Nc4c(C#N)cnn4-c4ccc(C(=O)O)c(C(=O)O)c4)c3N)n2)c(N)c1N=Nc1c(C#N)cnn1-c1ccc(C(=O)O)c(C(=O)O)c1. The Morgan fingerprint density at radius 2 is 0.986 bits per heavy atom. The Kier molecular flexibility index (Phi) is 13.2. The lowest BCUT2D eigenvalue weighted by Crippen LogP contribution is -2.13. The van der Waals surface area contributed by atoms with Crippen LogP contribution in [0, 0.1) is 22.7 Å². The molecule has 9 N–H and O–H groups in total. The highest BCUT2D eigenvalue weighted by Gasteiger charge is 2.26. The molecule has 0 aliphatic heterocycles. The first-order valence-corrected chi connectivity index (χ1v) is 20.3. The highest BCUT2D eigenvalue weighted by molar-refractivity contribution is 6.03. The average Bonchev–Trinajstić information content (AvgIpc) is 4.10. The number of unbranched alkanes of at least 4 members (excludes halogenated alkanes) is 2. The van der Waals surface area contributed by atoms with Gasteiger partial charge in [-0.2, -0.15) is 55.2 Å². The van der Waals surface area contributed by atoms with Gasteiger partial charge in [0.2, 0.25) is 0 Å². The quantitative estimate of drug-likeness (QED) is 0.0519. The third-order valence-electron chi connectivity index (χ3n) is 10.1. The molecule has 28 nitrogen and oxygen atoms in total. The fourth-order valence-electron chi connectivity index (χ4n) is 6.68. The summed E-state index contributed by atoms with van der Waals surface area (Å²) in [6.07, 6.45) is 5.54. The molecule has 0 spiro atoms. The molecule has 5 heterocycles. The molecule has 0 atom stereocenters. The Labute approximate surface area is 386 Å². The number of anilines is 2. The number of azo groups is 2. The molecule has 0 unspecified atom stereocenters. The van der Waals surface area contributed by atoms with Crippen molar-refractivity contribution in [1.29, 1.82) is 10.5 Å². The van der Waals surface area contributed by atoms with Gasteiger partial charge < -0.3 is 37.0 Å². The molecule has 28 heteroatoms. The van der Waals surface area contributed by atoms with E-state index in [9.17, 15) is 55.2 Å². The van der Waals surface area contributed by atoms with Gasteiger partial charge in [-0.05, 0) is 62.1 Å². The molecular formula is C41H35N19O9. The van der Waals surface area contributed by atoms with Gasteiger partial charge >= 0.3 is 29.9 Å². The van der Waals surface area contributed by atoms with Gasteiger partial charge in [0.05, 0.1) is 57.4 Å². The predicted molar refractivity (Wildman–Crippen MR) is 235 cm³/mol. The van der Waals surface area contributed by atoms with E-state index < -0.39 is 52.1 Å². The Balaban J connectivity index is 1.29. The fourth-order valence-corrected chi connectivity index (χ4v) is 6.68. The molecule has 2 aromatic carbocycles. The lowest BCUT2D eigenvalue weighted by molar-refractivity contribution is 0.0651. The summed E-state index contributed by atoms with van der Waals surface area (Å²) in [5, 5.41) is 104. The van der Waals surface area contributed by atoms with E-state index in [4.69, 9.17) is 11.5 Å². The highest BCUT2D eigenvalue weighted by atomic mass is 16.4. The predicted octanol–water partition coefficient (Wildman–Crippen LogP) is 5.54. The minimum atomic E-state index is -1.52. The molecule has 0 fully saturated rings. The summed E-state index contributed by atoms with van der Waals surface area (Å²) in [6.45, 7) is 3.87. The lowest BCUT2D eigenvalue weighted by Gasteiger charge is -2.08. The van der Waals surface area contributed by atoms with E-state index in [1.165, 1.54) is 12.1 Å². The molecule has 348 valence electrons. The molecule has 0 aliphatic carbocycles. The maximum absolute atomic E-state index is 11.9. The van der Waals surface area contributed by atoms with Crippen LogP contribution < -0.4 is 11.5 Å². The zero-order chi connectivity index (χ0) is 49.7. The van der Waals surface area contributed by atoms with Crippen LogP contribution in [0.1, 0.15) is 103 Å². The second-order valence-corrected chi connectivity index (χ2v) is 14.5. The first kappa shape index (κ1) is 46.7. The van der Waals surface area contributed by atoms with Crippen LogP contribution in [-0.4, -0.2) is 103 Å². The van der Waals surface area contributed by atoms with Gasteiger partial charge in [0, 0.05) is 0 Å². The average molecular weight is 938 g/mol. The number of nitrogens with zero attached hydrogens (tertiary/aromatic N) is 17. The van der Waals surface area contributed by atoms with Crippen LogP contribution in [0.3, 0.4) is 0 Å². The molecule has 5 aromatic heterocycles. The van der Waals surface area contributed by atoms with Crippen molar-refractivity contribution in [2.45, 2.75) is 52.4 Å². The van der Waals surface area contributed by atoms with Crippen molar-refractivity contribution in [2.75, 3.05) is 11.5 Å². The smallest absolute Gasteiger partial charge is 0.336 e. The number of hydrogen-bond donors (Lipinski definition) is 7. The van der Waals surface area contributed by atoms with E-state index >= 15 is 0 Å². The summed E-state index contributed by atoms with van der Waals surface area (Å²) in [4.78, 5) is 59.7. The monoisotopic (exact) mass is 937 g/mol. The number of aromatic nitrogens is 11. The van der Waals surface area contributed by atoms with E-state index in [1.54, 1.807) is 0 Å². The van der Waals surface area contributed by atoms with Crippen LogP contribution >= 0.6 is 0 Å². The van der Waals surface area contributed by atoms with Crippen LogP contribution in [0.25, 0.3) is 23.3 Å². The van der Waals surface area contributed by atoms with Crippen molar-refractivity contribution in [3.05, 3.63) is 93.6 Å². The normalized spacial score (nSPS) is 11.3. The zero-order valence-electron chi connectivity index (χ0n) is 36.0. The van der Waals surface area contributed by atoms with E-state index in [0.717, 1.165) is 55.4 Å². The van der Waals surface area contributed by atoms with E-state index in [-0.39, 0.29) is 69.0 Å². The van der Waals surface area contributed by atoms with Crippen molar-refractivity contribution in [1.82, 2.24) is 54.1 Å². The molecule has 0 amide bonds. The van der Waals surface area contributed by atoms with Crippen LogP contribution in [0.2, 0.25) is 0 Å². The lowest BCUT2D eigenvalue weighted by atomic mass is 10.1. The molecular weight excluding hydrogens is 903 g/mol. The first-order chi connectivity index (χ1) is 33.1. The van der Waals surface area contributed by atoms with Crippen molar-refractivity contribution in [2.24, 2.45) is 20.5 Å². The maximum atomic E-state index is 11.9. The van der Waals surface area contributed by atoms with Gasteiger partial charge in [0.25, 0.3) is 11.9 Å². The van der Waals surface area contributed by atoms with Gasteiger partial charge in [-0.25, -0.2) is 28.5 Å². The van der Waals surface area contributed by atoms with Gasteiger partial charge in [-0.1, -0.05) is 26.7 Å². The molecule has 0 saturated heterocycles. The summed E-state index contributed by atoms with van der Waals surface area (Å²) in [5.41, 5.74) is 11.7. The van der Waals surface area contributed by atoms with Gasteiger partial charge in [-0.3, -0.25) is 0 Å². The van der Waals surface area contributed by atoms with Gasteiger partial charge in [0.15, 0.2) is 34.6 Å². The van der Waals surface area contributed by atoms with Crippen molar-refractivity contribution in [3.8, 4) is 41.4 Å². The third kappa shape index (κ3) is 9.19. The van der Waals surface area contributed by atoms with E-state index in [1.807, 2.05) is 26.0 Å². The Bertz CT molecular complexity index is 3150. The summed E-state index contributed by atoms with van der Waals surface area (Å²) >= 11 is 0. The number of nitrogens with two attached hydrogens (primary N) is 2. The number of rotatable bonds is 18. The third-order valence-corrected chi connectivity index (χ3v) is 10.1. The molecule has 7 rings (SSSR count). The first-order valence-electron chi connectivity index (χ1n) is 20.3. The number of hydrogen-bond acceptors (Lipinski definition) is 20. The van der Waals surface area contributed by atoms with Crippen molar-refractivity contribution in [3.63, 3.8) is 0 Å². The topological polar surface area (TPSA) is 428 Å². The van der Waals surface area contributed by atoms with Crippen molar-refractivity contribution >= 4 is 58.5 Å². The maximum Gasteiger partial charge on any atom is 0.336 e. The van der Waals surface area contributed by atoms with Crippen LogP contribution in [-0.2, 0) is 12.8 Å². The fraction of sp³-hybridized carbons (Fsp3) is 0.195. The number of carboxylic acids is 4. The largest absolute Gasteiger partial charge is 0.479 e. The van der Waals surface area contributed by atoms with Crippen LogP contribution in [0.4, 0.5) is 34.6 Å². The Hall–Kier alpha value is -10.3. The second kappa shape index (κ2) is 19.5. The molecule has 0 saturated carbocycles. The second-order valence-electron chi connectivity index (χ2n) is 14.5. The van der Waals surface area contributed by atoms with Crippen LogP contribution in [0.15, 0.2) is 69.2 Å². The van der Waals surface area contributed by atoms with Gasteiger partial charge in [-0.15, -0.1) is 20.5 Å². The Morgan fingerprint density at radius 3 is 1.33 bits per heavy atom. The molecule has 7 aromatic rings.